The molecular formula is C17H22N2O. The maximum atomic E-state index is 5.79. The van der Waals surface area contributed by atoms with Crippen LogP contribution in [0.4, 0.5) is 0 Å². The normalized spacial score (nSPS) is 12.2. The van der Waals surface area contributed by atoms with Gasteiger partial charge < -0.3 is 4.74 Å². The Hall–Kier alpha value is -1.84. The molecule has 3 N–H and O–H groups in total. The second-order valence-corrected chi connectivity index (χ2v) is 5.27. The van der Waals surface area contributed by atoms with Crippen molar-refractivity contribution >= 4 is 0 Å². The molecule has 3 heteroatoms. The van der Waals surface area contributed by atoms with E-state index >= 15 is 0 Å². The number of methoxy groups -OCH3 is 1. The second-order valence-electron chi connectivity index (χ2n) is 5.27. The van der Waals surface area contributed by atoms with Gasteiger partial charge in [-0.1, -0.05) is 41.5 Å². The van der Waals surface area contributed by atoms with Gasteiger partial charge in [0, 0.05) is 5.56 Å². The van der Waals surface area contributed by atoms with Crippen LogP contribution in [0.1, 0.15) is 33.9 Å². The Labute approximate surface area is 120 Å². The molecule has 106 valence electrons. The molecular weight excluding hydrogens is 248 g/mol. The van der Waals surface area contributed by atoms with Gasteiger partial charge in [-0.15, -0.1) is 0 Å². The van der Waals surface area contributed by atoms with Gasteiger partial charge in [0.05, 0.1) is 13.2 Å². The minimum absolute atomic E-state index is 0.0795. The fourth-order valence-corrected chi connectivity index (χ4v) is 2.60. The Morgan fingerprint density at radius 1 is 0.950 bits per heavy atom. The maximum Gasteiger partial charge on any atom is 0.124 e. The summed E-state index contributed by atoms with van der Waals surface area (Å²) in [6.07, 6.45) is 0. The van der Waals surface area contributed by atoms with E-state index in [1.807, 2.05) is 13.0 Å². The van der Waals surface area contributed by atoms with E-state index in [1.54, 1.807) is 7.11 Å². The molecule has 1 unspecified atom stereocenters. The summed E-state index contributed by atoms with van der Waals surface area (Å²) >= 11 is 0. The van der Waals surface area contributed by atoms with Crippen molar-refractivity contribution in [2.45, 2.75) is 26.8 Å². The van der Waals surface area contributed by atoms with Crippen molar-refractivity contribution in [2.75, 3.05) is 7.11 Å². The number of nitrogens with one attached hydrogen (secondary N) is 1. The Morgan fingerprint density at radius 2 is 1.60 bits per heavy atom. The van der Waals surface area contributed by atoms with Crippen molar-refractivity contribution in [3.63, 3.8) is 0 Å². The number of hydrogen-bond acceptors (Lipinski definition) is 3. The molecule has 0 spiro atoms. The number of ether oxygens (including phenoxy) is 1. The number of rotatable bonds is 4. The van der Waals surface area contributed by atoms with Crippen LogP contribution < -0.4 is 16.0 Å². The third-order valence-corrected chi connectivity index (χ3v) is 3.44. The van der Waals surface area contributed by atoms with E-state index in [4.69, 9.17) is 10.6 Å². The van der Waals surface area contributed by atoms with Crippen LogP contribution in [-0.4, -0.2) is 7.11 Å². The zero-order valence-electron chi connectivity index (χ0n) is 12.5. The van der Waals surface area contributed by atoms with Crippen LogP contribution in [0, 0.1) is 20.8 Å². The van der Waals surface area contributed by atoms with E-state index in [-0.39, 0.29) is 6.04 Å². The van der Waals surface area contributed by atoms with Crippen LogP contribution in [0.5, 0.6) is 5.75 Å². The van der Waals surface area contributed by atoms with E-state index in [2.05, 4.69) is 49.6 Å². The molecule has 0 aliphatic heterocycles. The first kappa shape index (κ1) is 14.6. The van der Waals surface area contributed by atoms with E-state index in [0.29, 0.717) is 0 Å². The lowest BCUT2D eigenvalue weighted by atomic mass is 9.95. The molecule has 1 atom stereocenters. The first-order valence-electron chi connectivity index (χ1n) is 6.74. The lowest BCUT2D eigenvalue weighted by Crippen LogP contribution is -2.29. The predicted octanol–water partition coefficient (Wildman–Crippen LogP) is 3.17. The van der Waals surface area contributed by atoms with Crippen molar-refractivity contribution in [2.24, 2.45) is 5.84 Å². The highest BCUT2D eigenvalue weighted by Crippen LogP contribution is 2.31. The van der Waals surface area contributed by atoms with Gasteiger partial charge in [0.1, 0.15) is 5.75 Å². The summed E-state index contributed by atoms with van der Waals surface area (Å²) in [5.41, 5.74) is 8.72. The van der Waals surface area contributed by atoms with Gasteiger partial charge in [-0.3, -0.25) is 5.84 Å². The Morgan fingerprint density at radius 3 is 2.15 bits per heavy atom. The van der Waals surface area contributed by atoms with Gasteiger partial charge in [0.15, 0.2) is 0 Å². The van der Waals surface area contributed by atoms with E-state index in [9.17, 15) is 0 Å². The second kappa shape index (κ2) is 6.07. The predicted molar refractivity (Wildman–Crippen MR) is 82.8 cm³/mol. The quantitative estimate of drug-likeness (QED) is 0.662. The molecule has 0 aliphatic rings. The fourth-order valence-electron chi connectivity index (χ4n) is 2.60. The van der Waals surface area contributed by atoms with Crippen LogP contribution in [0.15, 0.2) is 36.4 Å². The minimum Gasteiger partial charge on any atom is -0.496 e. The van der Waals surface area contributed by atoms with Crippen molar-refractivity contribution in [1.82, 2.24) is 5.43 Å². The minimum atomic E-state index is -0.0795. The molecule has 0 aliphatic carbocycles. The maximum absolute atomic E-state index is 5.79. The van der Waals surface area contributed by atoms with Gasteiger partial charge in [-0.2, -0.15) is 0 Å². The Kier molecular flexibility index (Phi) is 4.42. The average Bonchev–Trinajstić information content (AvgIpc) is 2.40. The molecule has 0 radical (unpaired) electrons. The van der Waals surface area contributed by atoms with Crippen molar-refractivity contribution in [3.8, 4) is 5.75 Å². The Bertz CT molecular complexity index is 588. The average molecular weight is 270 g/mol. The molecule has 0 fully saturated rings. The summed E-state index contributed by atoms with van der Waals surface area (Å²) < 4.78 is 5.50. The van der Waals surface area contributed by atoms with E-state index in [1.165, 1.54) is 16.7 Å². The number of aryl methyl sites for hydroxylation is 3. The smallest absolute Gasteiger partial charge is 0.124 e. The summed E-state index contributed by atoms with van der Waals surface area (Å²) in [6, 6.07) is 12.5. The van der Waals surface area contributed by atoms with Crippen LogP contribution >= 0.6 is 0 Å². The number of hydrazine groups is 1. The van der Waals surface area contributed by atoms with Crippen LogP contribution in [0.3, 0.4) is 0 Å². The highest BCUT2D eigenvalue weighted by molar-refractivity contribution is 5.45. The molecule has 3 nitrogen and oxygen atoms in total. The van der Waals surface area contributed by atoms with Gasteiger partial charge in [-0.05, 0) is 38.0 Å². The SMILES string of the molecule is COc1cc(C)ccc1C(NN)c1cc(C)cc(C)c1. The summed E-state index contributed by atoms with van der Waals surface area (Å²) in [5, 5.41) is 0. The van der Waals surface area contributed by atoms with Crippen molar-refractivity contribution < 1.29 is 4.74 Å². The summed E-state index contributed by atoms with van der Waals surface area (Å²) in [5.74, 6) is 6.65. The molecule has 0 saturated heterocycles. The molecule has 20 heavy (non-hydrogen) atoms. The summed E-state index contributed by atoms with van der Waals surface area (Å²) in [7, 11) is 1.69. The zero-order chi connectivity index (χ0) is 14.7. The summed E-state index contributed by atoms with van der Waals surface area (Å²) in [4.78, 5) is 0. The van der Waals surface area contributed by atoms with Crippen LogP contribution in [-0.2, 0) is 0 Å². The highest BCUT2D eigenvalue weighted by Gasteiger charge is 2.17. The monoisotopic (exact) mass is 270 g/mol. The fraction of sp³-hybridized carbons (Fsp3) is 0.294. The number of nitrogens with two attached hydrogens (primary N) is 1. The van der Waals surface area contributed by atoms with Crippen LogP contribution in [0.2, 0.25) is 0 Å². The van der Waals surface area contributed by atoms with Gasteiger partial charge in [0.2, 0.25) is 0 Å². The largest absolute Gasteiger partial charge is 0.496 e. The number of benzene rings is 2. The molecule has 2 aromatic rings. The lowest BCUT2D eigenvalue weighted by molar-refractivity contribution is 0.404. The molecule has 2 rings (SSSR count). The van der Waals surface area contributed by atoms with Crippen LogP contribution in [0.25, 0.3) is 0 Å². The molecule has 2 aromatic carbocycles. The third kappa shape index (κ3) is 3.00. The van der Waals surface area contributed by atoms with Gasteiger partial charge in [0.25, 0.3) is 0 Å². The molecule has 0 aromatic heterocycles. The Balaban J connectivity index is 2.52. The molecule has 0 saturated carbocycles. The first-order chi connectivity index (χ1) is 9.55. The molecule has 0 heterocycles. The zero-order valence-corrected chi connectivity index (χ0v) is 12.5. The topological polar surface area (TPSA) is 47.3 Å². The third-order valence-electron chi connectivity index (χ3n) is 3.44. The van der Waals surface area contributed by atoms with E-state index < -0.39 is 0 Å². The van der Waals surface area contributed by atoms with Crippen molar-refractivity contribution in [1.29, 1.82) is 0 Å². The lowest BCUT2D eigenvalue weighted by Gasteiger charge is -2.21. The summed E-state index contributed by atoms with van der Waals surface area (Å²) in [6.45, 7) is 6.24. The molecule has 0 bridgehead atoms. The van der Waals surface area contributed by atoms with Gasteiger partial charge in [-0.25, -0.2) is 5.43 Å². The first-order valence-corrected chi connectivity index (χ1v) is 6.74. The van der Waals surface area contributed by atoms with Gasteiger partial charge >= 0.3 is 0 Å². The van der Waals surface area contributed by atoms with E-state index in [0.717, 1.165) is 16.9 Å². The highest BCUT2D eigenvalue weighted by atomic mass is 16.5. The molecule has 0 amide bonds. The number of hydrogen-bond donors (Lipinski definition) is 2. The standard InChI is InChI=1S/C17H22N2O/c1-11-5-6-15(16(10-11)20-4)17(19-18)14-8-12(2)7-13(3)9-14/h5-10,17,19H,18H2,1-4H3. The van der Waals surface area contributed by atoms with Crippen molar-refractivity contribution in [3.05, 3.63) is 64.2 Å².